The van der Waals surface area contributed by atoms with E-state index in [0.29, 0.717) is 11.4 Å². The average molecular weight is 414 g/mol. The number of nitrogens with zero attached hydrogens (tertiary/aromatic N) is 2. The first-order chi connectivity index (χ1) is 13.3. The van der Waals surface area contributed by atoms with Crippen molar-refractivity contribution in [3.8, 4) is 5.75 Å². The van der Waals surface area contributed by atoms with Gasteiger partial charge < -0.3 is 14.6 Å². The minimum Gasteiger partial charge on any atom is -0.497 e. The number of benzene rings is 2. The smallest absolute Gasteiger partial charge is 0.310 e. The highest BCUT2D eigenvalue weighted by atomic mass is 35.5. The lowest BCUT2D eigenvalue weighted by Crippen LogP contribution is -2.20. The Labute approximate surface area is 161 Å². The third-order valence-corrected chi connectivity index (χ3v) is 4.08. The number of methoxy groups -OCH3 is 1. The van der Waals surface area contributed by atoms with Crippen molar-refractivity contribution in [1.82, 2.24) is 9.55 Å². The zero-order valence-corrected chi connectivity index (χ0v) is 15.0. The van der Waals surface area contributed by atoms with Crippen LogP contribution in [0, 0.1) is 23.3 Å². The molecule has 0 aliphatic heterocycles. The maximum Gasteiger partial charge on any atom is 0.310 e. The molecule has 0 saturated carbocycles. The molecule has 0 unspecified atom stereocenters. The Hall–Kier alpha value is -3.07. The molecule has 0 fully saturated rings. The molecule has 3 aromatic rings. The summed E-state index contributed by atoms with van der Waals surface area (Å²) in [6.45, 7) is -0.297. The monoisotopic (exact) mass is 413 g/mol. The second kappa shape index (κ2) is 7.89. The maximum absolute atomic E-state index is 13.7. The number of nitrogens with one attached hydrogen (secondary N) is 1. The van der Waals surface area contributed by atoms with Gasteiger partial charge in [-0.3, -0.25) is 4.79 Å². The van der Waals surface area contributed by atoms with Crippen molar-refractivity contribution < 1.29 is 22.3 Å². The maximum atomic E-state index is 13.7. The molecular weight excluding hydrogens is 402 g/mol. The molecule has 0 spiro atoms. The molecule has 1 N–H and O–H groups in total. The Morgan fingerprint density at radius 3 is 2.39 bits per heavy atom. The van der Waals surface area contributed by atoms with Crippen LogP contribution in [0.4, 0.5) is 29.2 Å². The highest BCUT2D eigenvalue weighted by Crippen LogP contribution is 2.28. The number of anilines is 2. The molecule has 1 aromatic heterocycles. The van der Waals surface area contributed by atoms with E-state index in [1.807, 2.05) is 0 Å². The summed E-state index contributed by atoms with van der Waals surface area (Å²) in [6.07, 6.45) is 0.814. The van der Waals surface area contributed by atoms with Crippen LogP contribution >= 0.6 is 11.6 Å². The molecule has 5 nitrogen and oxygen atoms in total. The predicted octanol–water partition coefficient (Wildman–Crippen LogP) is 4.25. The second-order valence-electron chi connectivity index (χ2n) is 5.69. The van der Waals surface area contributed by atoms with Crippen LogP contribution in [0.5, 0.6) is 5.75 Å². The molecule has 0 amide bonds. The van der Waals surface area contributed by atoms with E-state index in [9.17, 15) is 22.4 Å². The molecule has 0 aliphatic carbocycles. The fraction of sp³-hybridized carbons (Fsp3) is 0.111. The molecule has 3 rings (SSSR count). The molecule has 0 atom stereocenters. The summed E-state index contributed by atoms with van der Waals surface area (Å²) < 4.78 is 59.9. The van der Waals surface area contributed by atoms with Crippen LogP contribution in [0.2, 0.25) is 5.02 Å². The lowest BCUT2D eigenvalue weighted by molar-refractivity contribution is 0.415. The Balaban J connectivity index is 2.00. The SMILES string of the molecule is COc1ccc(Nc2nc(=O)c(F)cn2Cc2cc(F)c(F)c(F)c2)c(Cl)c1. The van der Waals surface area contributed by atoms with E-state index in [1.54, 1.807) is 6.07 Å². The third-order valence-electron chi connectivity index (χ3n) is 3.77. The Morgan fingerprint density at radius 2 is 1.79 bits per heavy atom. The van der Waals surface area contributed by atoms with E-state index in [2.05, 4.69) is 10.3 Å². The topological polar surface area (TPSA) is 56.1 Å². The summed E-state index contributed by atoms with van der Waals surface area (Å²) in [5.74, 6) is -5.22. The van der Waals surface area contributed by atoms with Gasteiger partial charge in [0.15, 0.2) is 17.5 Å². The van der Waals surface area contributed by atoms with Crippen LogP contribution in [0.3, 0.4) is 0 Å². The number of aromatic nitrogens is 2. The molecule has 0 saturated heterocycles. The second-order valence-corrected chi connectivity index (χ2v) is 6.10. The van der Waals surface area contributed by atoms with E-state index in [-0.39, 0.29) is 23.1 Å². The van der Waals surface area contributed by atoms with Crippen molar-refractivity contribution in [2.45, 2.75) is 6.54 Å². The van der Waals surface area contributed by atoms with Crippen LogP contribution < -0.4 is 15.6 Å². The minimum atomic E-state index is -1.61. The lowest BCUT2D eigenvalue weighted by Gasteiger charge is -2.15. The fourth-order valence-corrected chi connectivity index (χ4v) is 2.65. The summed E-state index contributed by atoms with van der Waals surface area (Å²) in [5, 5.41) is 2.98. The van der Waals surface area contributed by atoms with Gasteiger partial charge in [0.2, 0.25) is 11.8 Å². The lowest BCUT2D eigenvalue weighted by atomic mass is 10.2. The van der Waals surface area contributed by atoms with Crippen molar-refractivity contribution in [2.75, 3.05) is 12.4 Å². The number of rotatable bonds is 5. The molecule has 0 radical (unpaired) electrons. The van der Waals surface area contributed by atoms with Crippen molar-refractivity contribution in [2.24, 2.45) is 0 Å². The number of hydrogen-bond donors (Lipinski definition) is 1. The van der Waals surface area contributed by atoms with Gasteiger partial charge in [-0.2, -0.15) is 9.37 Å². The van der Waals surface area contributed by atoms with Gasteiger partial charge in [0.25, 0.3) is 0 Å². The minimum absolute atomic E-state index is 0.00914. The standard InChI is InChI=1S/C18H12ClF4N3O2/c1-28-10-2-3-15(11(19)6-10)24-18-25-17(27)14(22)8-26(18)7-9-4-12(20)16(23)13(21)5-9/h2-6,8H,7H2,1H3,(H,24,25,27). The highest BCUT2D eigenvalue weighted by Gasteiger charge is 2.14. The molecule has 2 aromatic carbocycles. The quantitative estimate of drug-likeness (QED) is 0.502. The van der Waals surface area contributed by atoms with Crippen LogP contribution in [0.25, 0.3) is 0 Å². The van der Waals surface area contributed by atoms with Crippen molar-refractivity contribution >= 4 is 23.2 Å². The first-order valence-corrected chi connectivity index (χ1v) is 8.17. The first kappa shape index (κ1) is 19.7. The van der Waals surface area contributed by atoms with Crippen LogP contribution in [0.1, 0.15) is 5.56 Å². The predicted molar refractivity (Wildman–Crippen MR) is 95.2 cm³/mol. The highest BCUT2D eigenvalue weighted by molar-refractivity contribution is 6.33. The van der Waals surface area contributed by atoms with Gasteiger partial charge in [0.1, 0.15) is 5.75 Å². The summed E-state index contributed by atoms with van der Waals surface area (Å²) in [7, 11) is 1.46. The number of ether oxygens (including phenoxy) is 1. The van der Waals surface area contributed by atoms with Gasteiger partial charge >= 0.3 is 5.56 Å². The molecule has 0 bridgehead atoms. The van der Waals surface area contributed by atoms with E-state index >= 15 is 0 Å². The number of halogens is 5. The van der Waals surface area contributed by atoms with Crippen molar-refractivity contribution in [1.29, 1.82) is 0 Å². The number of hydrogen-bond acceptors (Lipinski definition) is 4. The largest absolute Gasteiger partial charge is 0.497 e. The van der Waals surface area contributed by atoms with Gasteiger partial charge in [0.05, 0.1) is 24.4 Å². The van der Waals surface area contributed by atoms with Gasteiger partial charge in [0, 0.05) is 12.3 Å². The molecule has 0 aliphatic rings. The van der Waals surface area contributed by atoms with Gasteiger partial charge in [-0.1, -0.05) is 11.6 Å². The summed E-state index contributed by atoms with van der Waals surface area (Å²) in [5.41, 5.74) is -0.823. The molecule has 146 valence electrons. The van der Waals surface area contributed by atoms with Crippen LogP contribution in [0.15, 0.2) is 41.3 Å². The average Bonchev–Trinajstić information content (AvgIpc) is 2.65. The van der Waals surface area contributed by atoms with Gasteiger partial charge in [-0.25, -0.2) is 13.2 Å². The Bertz CT molecular complexity index is 1080. The zero-order valence-electron chi connectivity index (χ0n) is 14.3. The zero-order chi connectivity index (χ0) is 20.4. The van der Waals surface area contributed by atoms with Crippen LogP contribution in [-0.4, -0.2) is 16.7 Å². The Kier molecular flexibility index (Phi) is 5.55. The van der Waals surface area contributed by atoms with Crippen LogP contribution in [-0.2, 0) is 6.54 Å². The summed E-state index contributed by atoms with van der Waals surface area (Å²) in [4.78, 5) is 15.2. The fourth-order valence-electron chi connectivity index (χ4n) is 2.43. The third kappa shape index (κ3) is 4.09. The van der Waals surface area contributed by atoms with Crippen molar-refractivity contribution in [3.05, 3.63) is 80.7 Å². The van der Waals surface area contributed by atoms with Gasteiger partial charge in [-0.15, -0.1) is 0 Å². The van der Waals surface area contributed by atoms with Crippen molar-refractivity contribution in [3.63, 3.8) is 0 Å². The molecule has 10 heteroatoms. The first-order valence-electron chi connectivity index (χ1n) is 7.79. The molecule has 1 heterocycles. The van der Waals surface area contributed by atoms with E-state index in [1.165, 1.54) is 19.2 Å². The Morgan fingerprint density at radius 1 is 1.11 bits per heavy atom. The normalized spacial score (nSPS) is 10.8. The van der Waals surface area contributed by atoms with E-state index in [4.69, 9.17) is 16.3 Å². The van der Waals surface area contributed by atoms with E-state index < -0.39 is 28.8 Å². The van der Waals surface area contributed by atoms with Gasteiger partial charge in [-0.05, 0) is 29.8 Å². The summed E-state index contributed by atoms with van der Waals surface area (Å²) in [6, 6.07) is 6.15. The molecular formula is C18H12ClF4N3O2. The molecule has 28 heavy (non-hydrogen) atoms. The summed E-state index contributed by atoms with van der Waals surface area (Å²) >= 11 is 6.13. The van der Waals surface area contributed by atoms with E-state index in [0.717, 1.165) is 22.9 Å².